The Bertz CT molecular complexity index is 354. The Labute approximate surface area is 82.0 Å². The van der Waals surface area contributed by atoms with Crippen LogP contribution in [-0.4, -0.2) is 4.92 Å². The predicted molar refractivity (Wildman–Crippen MR) is 50.3 cm³/mol. The van der Waals surface area contributed by atoms with E-state index in [0.717, 1.165) is 0 Å². The summed E-state index contributed by atoms with van der Waals surface area (Å²) in [5.41, 5.74) is 0.478. The normalized spacial score (nSPS) is 9.62. The second kappa shape index (κ2) is 4.08. The molecule has 1 aromatic rings. The lowest BCUT2D eigenvalue weighted by molar-refractivity contribution is -0.385. The summed E-state index contributed by atoms with van der Waals surface area (Å²) in [5.74, 6) is 0. The summed E-state index contributed by atoms with van der Waals surface area (Å²) >= 11 is 3.03. The van der Waals surface area contributed by atoms with Gasteiger partial charge in [0.15, 0.2) is 0 Å². The van der Waals surface area contributed by atoms with Crippen molar-refractivity contribution in [3.05, 3.63) is 43.3 Å². The fourth-order valence-corrected chi connectivity index (χ4v) is 1.26. The maximum atomic E-state index is 10.4. The number of hydrogen-bond donors (Lipinski definition) is 0. The molecule has 0 spiro atoms. The molecule has 0 heterocycles. The molecule has 0 unspecified atom stereocenters. The molecule has 0 saturated carbocycles. The van der Waals surface area contributed by atoms with Crippen LogP contribution in [0.4, 0.5) is 5.69 Å². The summed E-state index contributed by atoms with van der Waals surface area (Å²) < 4.78 is 0.396. The van der Waals surface area contributed by atoms with E-state index in [-0.39, 0.29) is 12.2 Å². The van der Waals surface area contributed by atoms with E-state index in [0.29, 0.717) is 10.0 Å². The van der Waals surface area contributed by atoms with Gasteiger partial charge in [-0.3, -0.25) is 10.1 Å². The monoisotopic (exact) mass is 244 g/mol. The third-order valence-electron chi connectivity index (χ3n) is 1.45. The molecule has 0 fully saturated rings. The number of hydrogen-bond acceptors (Lipinski definition) is 4. The third kappa shape index (κ3) is 2.32. The minimum atomic E-state index is -0.515. The highest BCUT2D eigenvalue weighted by molar-refractivity contribution is 9.10. The average Bonchev–Trinajstić information content (AvgIpc) is 2.08. The van der Waals surface area contributed by atoms with Crippen molar-refractivity contribution in [2.45, 2.75) is 6.54 Å². The summed E-state index contributed by atoms with van der Waals surface area (Å²) in [7, 11) is 0. The zero-order chi connectivity index (χ0) is 9.84. The number of nitrogens with zero attached hydrogens (tertiary/aromatic N) is 2. The molecule has 0 radical (unpaired) electrons. The number of benzene rings is 1. The van der Waals surface area contributed by atoms with Crippen molar-refractivity contribution in [3.63, 3.8) is 0 Å². The molecule has 0 saturated heterocycles. The maximum Gasteiger partial charge on any atom is 0.283 e. The van der Waals surface area contributed by atoms with Crippen LogP contribution in [0.3, 0.4) is 0 Å². The van der Waals surface area contributed by atoms with Crippen molar-refractivity contribution in [2.24, 2.45) is 5.18 Å². The lowest BCUT2D eigenvalue weighted by Gasteiger charge is -1.97. The van der Waals surface area contributed by atoms with Crippen LogP contribution >= 0.6 is 15.9 Å². The van der Waals surface area contributed by atoms with Gasteiger partial charge in [-0.2, -0.15) is 4.91 Å². The second-order valence-corrected chi connectivity index (χ2v) is 3.18. The van der Waals surface area contributed by atoms with E-state index in [2.05, 4.69) is 21.1 Å². The van der Waals surface area contributed by atoms with Crippen molar-refractivity contribution in [3.8, 4) is 0 Å². The van der Waals surface area contributed by atoms with Gasteiger partial charge in [-0.1, -0.05) is 11.2 Å². The molecule has 6 heteroatoms. The molecule has 0 aromatic heterocycles. The Kier molecular flexibility index (Phi) is 3.07. The molecule has 13 heavy (non-hydrogen) atoms. The molecule has 5 nitrogen and oxygen atoms in total. The number of nitroso groups, excluding NO2 is 1. The van der Waals surface area contributed by atoms with Gasteiger partial charge in [0.1, 0.15) is 6.54 Å². The number of halogens is 1. The summed E-state index contributed by atoms with van der Waals surface area (Å²) in [6.07, 6.45) is 0. The highest BCUT2D eigenvalue weighted by Crippen LogP contribution is 2.25. The maximum absolute atomic E-state index is 10.4. The SMILES string of the molecule is O=NCc1ccc(Br)c([N+](=O)[O-])c1. The molecular weight excluding hydrogens is 240 g/mol. The molecule has 1 aromatic carbocycles. The van der Waals surface area contributed by atoms with Crippen molar-refractivity contribution in [1.82, 2.24) is 0 Å². The van der Waals surface area contributed by atoms with Gasteiger partial charge < -0.3 is 0 Å². The molecule has 68 valence electrons. The molecule has 0 bridgehead atoms. The molecule has 0 aliphatic rings. The zero-order valence-electron chi connectivity index (χ0n) is 6.44. The minimum Gasteiger partial charge on any atom is -0.258 e. The van der Waals surface area contributed by atoms with E-state index < -0.39 is 4.92 Å². The first-order valence-corrected chi connectivity index (χ1v) is 4.16. The molecule has 0 amide bonds. The topological polar surface area (TPSA) is 72.6 Å². The van der Waals surface area contributed by atoms with Crippen LogP contribution in [0.1, 0.15) is 5.56 Å². The Hall–Kier alpha value is -1.30. The first-order valence-electron chi connectivity index (χ1n) is 3.37. The van der Waals surface area contributed by atoms with Crippen LogP contribution in [0.2, 0.25) is 0 Å². The fourth-order valence-electron chi connectivity index (χ4n) is 0.871. The predicted octanol–water partition coefficient (Wildman–Crippen LogP) is 2.62. The van der Waals surface area contributed by atoms with E-state index >= 15 is 0 Å². The number of nitro benzene ring substituents is 1. The van der Waals surface area contributed by atoms with Crippen molar-refractivity contribution in [1.29, 1.82) is 0 Å². The lowest BCUT2D eigenvalue weighted by Crippen LogP contribution is -1.91. The highest BCUT2D eigenvalue weighted by Gasteiger charge is 2.11. The Morgan fingerprint density at radius 1 is 1.54 bits per heavy atom. The van der Waals surface area contributed by atoms with Gasteiger partial charge in [-0.15, -0.1) is 0 Å². The van der Waals surface area contributed by atoms with Crippen LogP contribution in [0.25, 0.3) is 0 Å². The van der Waals surface area contributed by atoms with E-state index in [1.165, 1.54) is 12.1 Å². The van der Waals surface area contributed by atoms with Crippen LogP contribution in [-0.2, 0) is 6.54 Å². The van der Waals surface area contributed by atoms with E-state index in [1.54, 1.807) is 6.07 Å². The Morgan fingerprint density at radius 2 is 2.23 bits per heavy atom. The molecule has 0 aliphatic heterocycles. The molecule has 0 N–H and O–H groups in total. The van der Waals surface area contributed by atoms with E-state index in [4.69, 9.17) is 0 Å². The number of nitro groups is 1. The van der Waals surface area contributed by atoms with Crippen molar-refractivity contribution in [2.75, 3.05) is 0 Å². The lowest BCUT2D eigenvalue weighted by atomic mass is 10.2. The molecule has 0 atom stereocenters. The number of rotatable bonds is 3. The van der Waals surface area contributed by atoms with Crippen LogP contribution in [0.5, 0.6) is 0 Å². The van der Waals surface area contributed by atoms with Gasteiger partial charge in [-0.05, 0) is 27.6 Å². The molecular formula is C7H5BrN2O3. The van der Waals surface area contributed by atoms with Gasteiger partial charge in [0.25, 0.3) is 5.69 Å². The first kappa shape index (κ1) is 9.79. The third-order valence-corrected chi connectivity index (χ3v) is 2.12. The van der Waals surface area contributed by atoms with Crippen molar-refractivity contribution < 1.29 is 4.92 Å². The first-order chi connectivity index (χ1) is 6.15. The Morgan fingerprint density at radius 3 is 2.77 bits per heavy atom. The zero-order valence-corrected chi connectivity index (χ0v) is 8.02. The van der Waals surface area contributed by atoms with Crippen molar-refractivity contribution >= 4 is 21.6 Å². The average molecular weight is 245 g/mol. The largest absolute Gasteiger partial charge is 0.283 e. The highest BCUT2D eigenvalue weighted by atomic mass is 79.9. The summed E-state index contributed by atoms with van der Waals surface area (Å²) in [4.78, 5) is 19.8. The smallest absolute Gasteiger partial charge is 0.258 e. The van der Waals surface area contributed by atoms with E-state index in [1.807, 2.05) is 0 Å². The summed E-state index contributed by atoms with van der Waals surface area (Å²) in [6, 6.07) is 4.46. The van der Waals surface area contributed by atoms with Gasteiger partial charge in [-0.25, -0.2) is 0 Å². The molecule has 1 rings (SSSR count). The van der Waals surface area contributed by atoms with Gasteiger partial charge in [0.05, 0.1) is 9.40 Å². The van der Waals surface area contributed by atoms with Gasteiger partial charge in [0, 0.05) is 6.07 Å². The van der Waals surface area contributed by atoms with Crippen LogP contribution in [0, 0.1) is 15.0 Å². The quantitative estimate of drug-likeness (QED) is 0.466. The van der Waals surface area contributed by atoms with Gasteiger partial charge in [0.2, 0.25) is 0 Å². The van der Waals surface area contributed by atoms with Gasteiger partial charge >= 0.3 is 0 Å². The summed E-state index contributed by atoms with van der Waals surface area (Å²) in [5, 5.41) is 13.1. The van der Waals surface area contributed by atoms with E-state index in [9.17, 15) is 15.0 Å². The molecule has 0 aliphatic carbocycles. The minimum absolute atomic E-state index is 0.0475. The Balaban J connectivity index is 3.10. The second-order valence-electron chi connectivity index (χ2n) is 2.33. The standard InChI is InChI=1S/C7H5BrN2O3/c8-6-2-1-5(4-9-11)3-7(6)10(12)13/h1-3H,4H2. The van der Waals surface area contributed by atoms with Crippen LogP contribution < -0.4 is 0 Å². The summed E-state index contributed by atoms with van der Waals surface area (Å²) in [6.45, 7) is -0.0475. The van der Waals surface area contributed by atoms with Crippen LogP contribution in [0.15, 0.2) is 27.8 Å². The fraction of sp³-hybridized carbons (Fsp3) is 0.143.